The summed E-state index contributed by atoms with van der Waals surface area (Å²) in [7, 11) is 0. The Morgan fingerprint density at radius 3 is 2.10 bits per heavy atom. The average molecular weight is 820 g/mol. The molecule has 13 rings (SSSR count). The van der Waals surface area contributed by atoms with E-state index in [2.05, 4.69) is 189 Å². The highest BCUT2D eigenvalue weighted by molar-refractivity contribution is 7.00. The van der Waals surface area contributed by atoms with Crippen LogP contribution in [-0.4, -0.2) is 12.3 Å². The first kappa shape index (κ1) is 37.4. The van der Waals surface area contributed by atoms with Crippen LogP contribution in [0.15, 0.2) is 144 Å². The number of hydrogen-bond donors (Lipinski definition) is 0. The van der Waals surface area contributed by atoms with Crippen molar-refractivity contribution in [2.24, 2.45) is 0 Å². The van der Waals surface area contributed by atoms with E-state index in [1.807, 2.05) is 0 Å². The Morgan fingerprint density at radius 1 is 0.571 bits per heavy atom. The van der Waals surface area contributed by atoms with Crippen molar-refractivity contribution in [2.45, 2.75) is 102 Å². The lowest BCUT2D eigenvalue weighted by Crippen LogP contribution is -2.62. The van der Waals surface area contributed by atoms with Gasteiger partial charge < -0.3 is 19.1 Å². The molecule has 1 saturated carbocycles. The van der Waals surface area contributed by atoms with E-state index in [1.54, 1.807) is 0 Å². The molecule has 1 fully saturated rings. The molecule has 2 atom stereocenters. The zero-order chi connectivity index (χ0) is 42.4. The Bertz CT molecular complexity index is 3180. The SMILES string of the molecule is CC(C)(C)c1ccc2c(c1)N(c1ccccc1)c1c3c(cc4c1B2c1cc2c(cc1N4c1cccc4c1oc1ccccc14)N(c1ccccc1)C1(C)CCCCC21C)CCCC3. The number of fused-ring (bicyclic) bond motifs is 12. The Hall–Kier alpha value is -6.20. The van der Waals surface area contributed by atoms with Crippen LogP contribution in [0.3, 0.4) is 0 Å². The van der Waals surface area contributed by atoms with Crippen molar-refractivity contribution >= 4 is 90.5 Å². The second kappa shape index (κ2) is 13.2. The average Bonchev–Trinajstić information content (AvgIpc) is 3.78. The van der Waals surface area contributed by atoms with E-state index in [-0.39, 0.29) is 23.1 Å². The number of para-hydroxylation sites is 4. The Morgan fingerprint density at radius 2 is 1.29 bits per heavy atom. The molecular formula is C58H54BN3O. The summed E-state index contributed by atoms with van der Waals surface area (Å²) in [5, 5.41) is 2.31. The molecule has 2 unspecified atom stereocenters. The first-order valence-electron chi connectivity index (χ1n) is 23.6. The summed E-state index contributed by atoms with van der Waals surface area (Å²) in [5.74, 6) is 0. The van der Waals surface area contributed by atoms with Gasteiger partial charge in [0.2, 0.25) is 0 Å². The minimum atomic E-state index is -0.0737. The molecule has 0 bridgehead atoms. The molecule has 5 heteroatoms. The van der Waals surface area contributed by atoms with Crippen LogP contribution in [0.25, 0.3) is 21.9 Å². The van der Waals surface area contributed by atoms with E-state index in [4.69, 9.17) is 4.42 Å². The van der Waals surface area contributed by atoms with Crippen LogP contribution in [0.5, 0.6) is 0 Å². The van der Waals surface area contributed by atoms with E-state index >= 15 is 0 Å². The predicted molar refractivity (Wildman–Crippen MR) is 266 cm³/mol. The quantitative estimate of drug-likeness (QED) is 0.166. The van der Waals surface area contributed by atoms with Crippen LogP contribution in [0.4, 0.5) is 45.5 Å². The minimum Gasteiger partial charge on any atom is -0.454 e. The number of rotatable bonds is 3. The molecular weight excluding hydrogens is 765 g/mol. The smallest absolute Gasteiger partial charge is 0.252 e. The standard InChI is InChI=1S/C58H54BN3O/c1-56(2,3)38-29-30-45-49(34-38)60(39-20-8-6-9-21-39)54-41-24-13-12-19-37(41)33-51-53(54)59(45)46-35-44-48(62(40-22-10-7-11-23-40)58(5)32-17-16-31-57(44,58)4)36-50(46)61(51)47-27-18-26-43-42-25-14-15-28-52(42)63-55(43)47/h6-11,14-15,18,20-23,25-30,33-36H,12-13,16-17,19,24,31-32H2,1-5H3. The van der Waals surface area contributed by atoms with Gasteiger partial charge in [0.1, 0.15) is 5.58 Å². The maximum Gasteiger partial charge on any atom is 0.252 e. The van der Waals surface area contributed by atoms with Crippen LogP contribution in [-0.2, 0) is 23.7 Å². The van der Waals surface area contributed by atoms with E-state index < -0.39 is 0 Å². The van der Waals surface area contributed by atoms with Crippen molar-refractivity contribution in [2.75, 3.05) is 14.7 Å². The Labute approximate surface area is 372 Å². The third kappa shape index (κ3) is 5.05. The molecule has 0 spiro atoms. The maximum absolute atomic E-state index is 7.00. The monoisotopic (exact) mass is 819 g/mol. The van der Waals surface area contributed by atoms with Crippen molar-refractivity contribution in [1.29, 1.82) is 0 Å². The number of anilines is 8. The molecule has 63 heavy (non-hydrogen) atoms. The summed E-state index contributed by atoms with van der Waals surface area (Å²) in [4.78, 5) is 8.05. The maximum atomic E-state index is 7.00. The third-order valence-corrected chi connectivity index (χ3v) is 16.3. The highest BCUT2D eigenvalue weighted by Gasteiger charge is 2.59. The van der Waals surface area contributed by atoms with Gasteiger partial charge in [0.05, 0.1) is 11.2 Å². The van der Waals surface area contributed by atoms with Gasteiger partial charge in [-0.05, 0) is 144 Å². The molecule has 0 N–H and O–H groups in total. The van der Waals surface area contributed by atoms with Crippen LogP contribution in [0.1, 0.15) is 95.4 Å². The Balaban J connectivity index is 1.19. The first-order chi connectivity index (χ1) is 30.6. The number of nitrogens with zero attached hydrogens (tertiary/aromatic N) is 3. The fraction of sp³-hybridized carbons (Fsp3) is 0.276. The zero-order valence-electron chi connectivity index (χ0n) is 37.3. The molecule has 0 radical (unpaired) electrons. The molecule has 1 aromatic heterocycles. The normalized spacial score (nSPS) is 20.9. The van der Waals surface area contributed by atoms with Gasteiger partial charge in [0.25, 0.3) is 6.71 Å². The molecule has 0 saturated heterocycles. The lowest BCUT2D eigenvalue weighted by atomic mass is 9.33. The van der Waals surface area contributed by atoms with Gasteiger partial charge in [-0.1, -0.05) is 125 Å². The summed E-state index contributed by atoms with van der Waals surface area (Å²) in [6, 6.07) is 53.2. The van der Waals surface area contributed by atoms with Gasteiger partial charge in [0.15, 0.2) is 5.58 Å². The van der Waals surface area contributed by atoms with Crippen molar-refractivity contribution in [3.8, 4) is 0 Å². The van der Waals surface area contributed by atoms with Gasteiger partial charge in [-0.3, -0.25) is 0 Å². The predicted octanol–water partition coefficient (Wildman–Crippen LogP) is 13.6. The number of benzene rings is 7. The zero-order valence-corrected chi connectivity index (χ0v) is 37.3. The van der Waals surface area contributed by atoms with Crippen LogP contribution < -0.4 is 31.1 Å². The first-order valence-corrected chi connectivity index (χ1v) is 23.6. The molecule has 3 aliphatic heterocycles. The van der Waals surface area contributed by atoms with Gasteiger partial charge in [0, 0.05) is 56.0 Å². The highest BCUT2D eigenvalue weighted by atomic mass is 16.3. The third-order valence-electron chi connectivity index (χ3n) is 16.3. The van der Waals surface area contributed by atoms with Crippen molar-refractivity contribution in [3.05, 3.63) is 162 Å². The number of hydrogen-bond acceptors (Lipinski definition) is 4. The lowest BCUT2D eigenvalue weighted by molar-refractivity contribution is 0.195. The highest BCUT2D eigenvalue weighted by Crippen LogP contribution is 2.62. The minimum absolute atomic E-state index is 0.00672. The van der Waals surface area contributed by atoms with E-state index in [0.29, 0.717) is 0 Å². The summed E-state index contributed by atoms with van der Waals surface area (Å²) < 4.78 is 7.00. The van der Waals surface area contributed by atoms with Crippen molar-refractivity contribution in [1.82, 2.24) is 0 Å². The van der Waals surface area contributed by atoms with E-state index in [1.165, 1.54) is 111 Å². The van der Waals surface area contributed by atoms with Gasteiger partial charge >= 0.3 is 0 Å². The summed E-state index contributed by atoms with van der Waals surface area (Å²) in [6.07, 6.45) is 9.40. The van der Waals surface area contributed by atoms with Crippen molar-refractivity contribution in [3.63, 3.8) is 0 Å². The van der Waals surface area contributed by atoms with Crippen LogP contribution in [0.2, 0.25) is 0 Å². The molecule has 0 amide bonds. The van der Waals surface area contributed by atoms with Gasteiger partial charge in [-0.25, -0.2) is 0 Å². The Kier molecular flexibility index (Phi) is 7.81. The van der Waals surface area contributed by atoms with Crippen molar-refractivity contribution < 1.29 is 4.42 Å². The fourth-order valence-electron chi connectivity index (χ4n) is 13.0. The number of aryl methyl sites for hydroxylation is 1. The topological polar surface area (TPSA) is 22.9 Å². The molecule has 4 heterocycles. The fourth-order valence-corrected chi connectivity index (χ4v) is 13.0. The van der Waals surface area contributed by atoms with Crippen LogP contribution >= 0.6 is 0 Å². The van der Waals surface area contributed by atoms with Crippen LogP contribution in [0, 0.1) is 0 Å². The molecule has 4 nitrogen and oxygen atoms in total. The largest absolute Gasteiger partial charge is 0.454 e. The summed E-state index contributed by atoms with van der Waals surface area (Å²) in [5.41, 5.74) is 22.0. The molecule has 310 valence electrons. The second-order valence-corrected chi connectivity index (χ2v) is 20.6. The molecule has 8 aromatic rings. The summed E-state index contributed by atoms with van der Waals surface area (Å²) >= 11 is 0. The van der Waals surface area contributed by atoms with E-state index in [0.717, 1.165) is 46.9 Å². The number of furan rings is 1. The lowest BCUT2D eigenvalue weighted by Gasteiger charge is -2.50. The molecule has 5 aliphatic rings. The van der Waals surface area contributed by atoms with Gasteiger partial charge in [-0.15, -0.1) is 0 Å². The second-order valence-electron chi connectivity index (χ2n) is 20.6. The summed E-state index contributed by atoms with van der Waals surface area (Å²) in [6.45, 7) is 12.3. The molecule has 7 aromatic carbocycles. The molecule has 2 aliphatic carbocycles. The van der Waals surface area contributed by atoms with Gasteiger partial charge in [-0.2, -0.15) is 0 Å². The van der Waals surface area contributed by atoms with E-state index in [9.17, 15) is 0 Å².